The first kappa shape index (κ1) is 14.2. The monoisotopic (exact) mass is 280 g/mol. The lowest BCUT2D eigenvalue weighted by Gasteiger charge is -2.17. The van der Waals surface area contributed by atoms with E-state index in [4.69, 9.17) is 0 Å². The summed E-state index contributed by atoms with van der Waals surface area (Å²) >= 11 is 0. The van der Waals surface area contributed by atoms with Crippen molar-refractivity contribution in [3.8, 4) is 0 Å². The maximum absolute atomic E-state index is 12.0. The number of hydrogen-bond acceptors (Lipinski definition) is 5. The minimum Gasteiger partial charge on any atom is -0.353 e. The summed E-state index contributed by atoms with van der Waals surface area (Å²) < 4.78 is 0. The van der Waals surface area contributed by atoms with E-state index < -0.39 is 4.92 Å². The molecule has 1 N–H and O–H groups in total. The lowest BCUT2D eigenvalue weighted by atomic mass is 10.2. The molecule has 1 aliphatic heterocycles. The Hall–Kier alpha value is -2.22. The van der Waals surface area contributed by atoms with E-state index in [1.165, 1.54) is 12.3 Å². The first-order chi connectivity index (χ1) is 9.47. The van der Waals surface area contributed by atoms with Gasteiger partial charge in [-0.2, -0.15) is 0 Å². The molecule has 1 aromatic rings. The first-order valence-electron chi connectivity index (χ1n) is 6.29. The van der Waals surface area contributed by atoms with E-state index in [1.807, 2.05) is 0 Å². The second-order valence-electron chi connectivity index (χ2n) is 4.83. The van der Waals surface area contributed by atoms with Crippen LogP contribution in [0, 0.1) is 10.1 Å². The van der Waals surface area contributed by atoms with Gasteiger partial charge in [0.1, 0.15) is 0 Å². The zero-order valence-corrected chi connectivity index (χ0v) is 11.2. The van der Waals surface area contributed by atoms with Crippen molar-refractivity contribution < 1.29 is 14.5 Å². The number of amides is 1. The molecule has 2 heterocycles. The van der Waals surface area contributed by atoms with E-state index in [-0.39, 0.29) is 36.2 Å². The van der Waals surface area contributed by atoms with Gasteiger partial charge in [-0.25, -0.2) is 0 Å². The van der Waals surface area contributed by atoms with Crippen molar-refractivity contribution in [1.29, 1.82) is 0 Å². The van der Waals surface area contributed by atoms with E-state index in [1.54, 1.807) is 16.8 Å². The molecule has 0 bridgehead atoms. The fourth-order valence-electron chi connectivity index (χ4n) is 2.12. The number of carbonyl (C=O) groups is 2. The minimum atomic E-state index is -0.558. The van der Waals surface area contributed by atoms with Crippen LogP contribution in [0.15, 0.2) is 12.3 Å². The maximum Gasteiger partial charge on any atom is 0.287 e. The first-order valence-corrected chi connectivity index (χ1v) is 6.29. The number of Topliss-reactive ketones (excluding diaryl/α,β-unsaturated/α-hetero) is 1. The van der Waals surface area contributed by atoms with Crippen molar-refractivity contribution in [2.45, 2.75) is 6.42 Å². The minimum absolute atomic E-state index is 0.0206. The van der Waals surface area contributed by atoms with Crippen LogP contribution in [-0.2, 0) is 4.79 Å². The Kier molecular flexibility index (Phi) is 4.14. The van der Waals surface area contributed by atoms with Gasteiger partial charge in [0.25, 0.3) is 5.69 Å². The lowest BCUT2D eigenvalue weighted by Crippen LogP contribution is -2.37. The summed E-state index contributed by atoms with van der Waals surface area (Å²) in [4.78, 5) is 39.8. The van der Waals surface area contributed by atoms with Gasteiger partial charge in [-0.1, -0.05) is 0 Å². The Morgan fingerprint density at radius 1 is 1.50 bits per heavy atom. The average molecular weight is 280 g/mol. The molecular formula is C12H16N4O4. The second kappa shape index (κ2) is 5.83. The standard InChI is InChI=1S/C12H16N4O4/c1-14-3-2-4-15(8-12(14)18)7-11(17)10-5-9(6-13-10)16(19)20/h5-6,13H,2-4,7-8H2,1H3. The van der Waals surface area contributed by atoms with Gasteiger partial charge < -0.3 is 9.88 Å². The van der Waals surface area contributed by atoms with Crippen LogP contribution in [0.25, 0.3) is 0 Å². The number of nitrogens with zero attached hydrogens (tertiary/aromatic N) is 3. The number of ketones is 1. The number of H-pyrrole nitrogens is 1. The Morgan fingerprint density at radius 2 is 2.25 bits per heavy atom. The molecule has 20 heavy (non-hydrogen) atoms. The third kappa shape index (κ3) is 3.21. The number of rotatable bonds is 4. The van der Waals surface area contributed by atoms with Crippen molar-refractivity contribution in [3.63, 3.8) is 0 Å². The van der Waals surface area contributed by atoms with E-state index in [2.05, 4.69) is 4.98 Å². The van der Waals surface area contributed by atoms with Crippen molar-refractivity contribution >= 4 is 17.4 Å². The van der Waals surface area contributed by atoms with Gasteiger partial charge >= 0.3 is 0 Å². The van der Waals surface area contributed by atoms with Crippen LogP contribution in [0.2, 0.25) is 0 Å². The van der Waals surface area contributed by atoms with E-state index >= 15 is 0 Å². The summed E-state index contributed by atoms with van der Waals surface area (Å²) in [5.74, 6) is -0.275. The summed E-state index contributed by atoms with van der Waals surface area (Å²) in [5, 5.41) is 10.6. The van der Waals surface area contributed by atoms with Crippen LogP contribution >= 0.6 is 0 Å². The van der Waals surface area contributed by atoms with Gasteiger partial charge in [-0.05, 0) is 6.42 Å². The molecule has 0 radical (unpaired) electrons. The van der Waals surface area contributed by atoms with Gasteiger partial charge in [-0.3, -0.25) is 24.6 Å². The zero-order valence-electron chi connectivity index (χ0n) is 11.2. The molecule has 1 amide bonds. The highest BCUT2D eigenvalue weighted by molar-refractivity contribution is 5.96. The third-order valence-electron chi connectivity index (χ3n) is 3.30. The number of aromatic nitrogens is 1. The Bertz CT molecular complexity index is 539. The lowest BCUT2D eigenvalue weighted by molar-refractivity contribution is -0.384. The summed E-state index contributed by atoms with van der Waals surface area (Å²) in [6.45, 7) is 1.62. The average Bonchev–Trinajstić information content (AvgIpc) is 2.82. The van der Waals surface area contributed by atoms with Crippen molar-refractivity contribution in [2.75, 3.05) is 33.2 Å². The van der Waals surface area contributed by atoms with E-state index in [9.17, 15) is 19.7 Å². The van der Waals surface area contributed by atoms with Crippen LogP contribution in [-0.4, -0.2) is 64.6 Å². The number of hydrogen-bond donors (Lipinski definition) is 1. The quantitative estimate of drug-likeness (QED) is 0.485. The SMILES string of the molecule is CN1CCCN(CC(=O)c2cc([N+](=O)[O-])c[nH]2)CC1=O. The second-order valence-corrected chi connectivity index (χ2v) is 4.83. The molecule has 2 rings (SSSR count). The maximum atomic E-state index is 12.0. The van der Waals surface area contributed by atoms with E-state index in [0.29, 0.717) is 13.1 Å². The number of carbonyl (C=O) groups excluding carboxylic acids is 2. The largest absolute Gasteiger partial charge is 0.353 e. The third-order valence-corrected chi connectivity index (χ3v) is 3.30. The van der Waals surface area contributed by atoms with Crippen LogP contribution in [0.3, 0.4) is 0 Å². The highest BCUT2D eigenvalue weighted by atomic mass is 16.6. The Morgan fingerprint density at radius 3 is 2.90 bits per heavy atom. The molecule has 0 unspecified atom stereocenters. The summed E-state index contributed by atoms with van der Waals surface area (Å²) in [5.41, 5.74) is 0.0572. The summed E-state index contributed by atoms with van der Waals surface area (Å²) in [7, 11) is 1.74. The number of nitro groups is 1. The van der Waals surface area contributed by atoms with Crippen LogP contribution in [0.4, 0.5) is 5.69 Å². The molecule has 1 aromatic heterocycles. The smallest absolute Gasteiger partial charge is 0.287 e. The molecule has 1 fully saturated rings. The Balaban J connectivity index is 1.99. The molecule has 0 aromatic carbocycles. The zero-order chi connectivity index (χ0) is 14.7. The van der Waals surface area contributed by atoms with Gasteiger partial charge in [0, 0.05) is 26.2 Å². The molecule has 0 atom stereocenters. The van der Waals surface area contributed by atoms with Crippen molar-refractivity contribution in [1.82, 2.24) is 14.8 Å². The number of nitrogens with one attached hydrogen (secondary N) is 1. The molecule has 8 nitrogen and oxygen atoms in total. The molecule has 0 spiro atoms. The molecule has 8 heteroatoms. The Labute approximate surface area is 115 Å². The highest BCUT2D eigenvalue weighted by Crippen LogP contribution is 2.13. The fourth-order valence-corrected chi connectivity index (χ4v) is 2.12. The van der Waals surface area contributed by atoms with Crippen LogP contribution in [0.1, 0.15) is 16.9 Å². The predicted octanol–water partition coefficient (Wildman–Crippen LogP) is 0.270. The van der Waals surface area contributed by atoms with Crippen LogP contribution in [0.5, 0.6) is 0 Å². The number of likely N-dealkylation sites (N-methyl/N-ethyl adjacent to an activating group) is 1. The van der Waals surface area contributed by atoms with Crippen molar-refractivity contribution in [2.24, 2.45) is 0 Å². The fraction of sp³-hybridized carbons (Fsp3) is 0.500. The highest BCUT2D eigenvalue weighted by Gasteiger charge is 2.22. The topological polar surface area (TPSA) is 99.5 Å². The van der Waals surface area contributed by atoms with Crippen molar-refractivity contribution in [3.05, 3.63) is 28.1 Å². The summed E-state index contributed by atoms with van der Waals surface area (Å²) in [6.07, 6.45) is 2.00. The molecule has 0 aliphatic carbocycles. The number of aromatic amines is 1. The molecular weight excluding hydrogens is 264 g/mol. The van der Waals surface area contributed by atoms with E-state index in [0.717, 1.165) is 6.42 Å². The van der Waals surface area contributed by atoms with Gasteiger partial charge in [-0.15, -0.1) is 0 Å². The van der Waals surface area contributed by atoms with Crippen LogP contribution < -0.4 is 0 Å². The molecule has 1 aliphatic rings. The molecule has 108 valence electrons. The van der Waals surface area contributed by atoms with Gasteiger partial charge in [0.15, 0.2) is 5.78 Å². The molecule has 0 saturated carbocycles. The summed E-state index contributed by atoms with van der Waals surface area (Å²) in [6, 6.07) is 1.22. The predicted molar refractivity (Wildman–Crippen MR) is 70.5 cm³/mol. The van der Waals surface area contributed by atoms with Gasteiger partial charge in [0.05, 0.1) is 29.9 Å². The normalized spacial score (nSPS) is 17.1. The molecule has 1 saturated heterocycles. The van der Waals surface area contributed by atoms with Gasteiger partial charge in [0.2, 0.25) is 5.91 Å².